The molecule has 0 saturated carbocycles. The van der Waals surface area contributed by atoms with Crippen LogP contribution in [0.4, 0.5) is 4.39 Å². The van der Waals surface area contributed by atoms with Crippen molar-refractivity contribution in [2.45, 2.75) is 13.5 Å². The number of halogens is 1. The lowest BCUT2D eigenvalue weighted by molar-refractivity contribution is 0.625. The van der Waals surface area contributed by atoms with Gasteiger partial charge in [-0.25, -0.2) is 4.39 Å². The molecule has 0 aliphatic heterocycles. The Bertz CT molecular complexity index is 543. The molecule has 0 unspecified atom stereocenters. The summed E-state index contributed by atoms with van der Waals surface area (Å²) in [6.45, 7) is 2.36. The molecule has 0 atom stereocenters. The third-order valence-corrected chi connectivity index (χ3v) is 2.52. The summed E-state index contributed by atoms with van der Waals surface area (Å²) in [7, 11) is 0. The largest absolute Gasteiger partial charge is 0.309 e. The Morgan fingerprint density at radius 2 is 1.81 bits per heavy atom. The lowest BCUT2D eigenvalue weighted by Gasteiger charge is -2.09. The van der Waals surface area contributed by atoms with Crippen LogP contribution in [-0.2, 0) is 6.54 Å². The number of aryl methyl sites for hydroxylation is 1. The molecule has 0 fully saturated rings. The van der Waals surface area contributed by atoms with Gasteiger partial charge in [-0.1, -0.05) is 18.2 Å². The molecular formula is C13H12FNO. The lowest BCUT2D eigenvalue weighted by atomic mass is 10.2. The van der Waals surface area contributed by atoms with E-state index in [2.05, 4.69) is 0 Å². The fourth-order valence-corrected chi connectivity index (χ4v) is 1.60. The van der Waals surface area contributed by atoms with Crippen molar-refractivity contribution in [1.82, 2.24) is 4.57 Å². The van der Waals surface area contributed by atoms with E-state index >= 15 is 0 Å². The molecule has 0 bridgehead atoms. The van der Waals surface area contributed by atoms with Gasteiger partial charge in [0.15, 0.2) is 0 Å². The SMILES string of the molecule is Cc1cccc(=O)n1Cc1ccc(F)cc1. The molecule has 0 saturated heterocycles. The minimum absolute atomic E-state index is 0.0377. The van der Waals surface area contributed by atoms with Gasteiger partial charge < -0.3 is 4.57 Å². The Hall–Kier alpha value is -1.90. The zero-order valence-corrected chi connectivity index (χ0v) is 8.98. The first-order valence-electron chi connectivity index (χ1n) is 5.08. The molecule has 2 nitrogen and oxygen atoms in total. The number of benzene rings is 1. The van der Waals surface area contributed by atoms with Crippen molar-refractivity contribution < 1.29 is 4.39 Å². The Balaban J connectivity index is 2.34. The van der Waals surface area contributed by atoms with Gasteiger partial charge >= 0.3 is 0 Å². The molecule has 3 heteroatoms. The predicted octanol–water partition coefficient (Wildman–Crippen LogP) is 2.34. The molecule has 0 radical (unpaired) electrons. The van der Waals surface area contributed by atoms with Crippen molar-refractivity contribution in [3.05, 3.63) is 69.9 Å². The second kappa shape index (κ2) is 4.31. The summed E-state index contributed by atoms with van der Waals surface area (Å²) in [6, 6.07) is 11.3. The van der Waals surface area contributed by atoms with E-state index < -0.39 is 0 Å². The zero-order chi connectivity index (χ0) is 11.5. The molecule has 1 heterocycles. The van der Waals surface area contributed by atoms with Crippen LogP contribution in [0.25, 0.3) is 0 Å². The van der Waals surface area contributed by atoms with Gasteiger partial charge in [0, 0.05) is 11.8 Å². The molecule has 0 N–H and O–H groups in total. The Morgan fingerprint density at radius 1 is 1.12 bits per heavy atom. The maximum absolute atomic E-state index is 12.7. The van der Waals surface area contributed by atoms with Gasteiger partial charge in [0.1, 0.15) is 5.82 Å². The molecule has 0 aliphatic carbocycles. The lowest BCUT2D eigenvalue weighted by Crippen LogP contribution is -2.21. The van der Waals surface area contributed by atoms with Gasteiger partial charge in [-0.3, -0.25) is 4.79 Å². The third kappa shape index (κ3) is 2.19. The zero-order valence-electron chi connectivity index (χ0n) is 8.98. The van der Waals surface area contributed by atoms with Crippen LogP contribution >= 0.6 is 0 Å². The Labute approximate surface area is 93.0 Å². The average Bonchev–Trinajstić information content (AvgIpc) is 2.26. The first-order chi connectivity index (χ1) is 7.66. The van der Waals surface area contributed by atoms with Crippen LogP contribution in [0, 0.1) is 12.7 Å². The predicted molar refractivity (Wildman–Crippen MR) is 60.9 cm³/mol. The first kappa shape index (κ1) is 10.6. The standard InChI is InChI=1S/C13H12FNO/c1-10-3-2-4-13(16)15(10)9-11-5-7-12(14)8-6-11/h2-8H,9H2,1H3. The van der Waals surface area contributed by atoms with Crippen molar-refractivity contribution in [3.8, 4) is 0 Å². The highest BCUT2D eigenvalue weighted by atomic mass is 19.1. The van der Waals surface area contributed by atoms with E-state index in [9.17, 15) is 9.18 Å². The summed E-state index contributed by atoms with van der Waals surface area (Å²) in [5, 5.41) is 0. The second-order valence-corrected chi connectivity index (χ2v) is 3.72. The smallest absolute Gasteiger partial charge is 0.251 e. The minimum atomic E-state index is -0.263. The monoisotopic (exact) mass is 217 g/mol. The molecule has 1 aromatic heterocycles. The minimum Gasteiger partial charge on any atom is -0.309 e. The quantitative estimate of drug-likeness (QED) is 0.756. The molecule has 82 valence electrons. The van der Waals surface area contributed by atoms with E-state index in [4.69, 9.17) is 0 Å². The van der Waals surface area contributed by atoms with Crippen LogP contribution < -0.4 is 5.56 Å². The molecule has 0 amide bonds. The van der Waals surface area contributed by atoms with Crippen LogP contribution in [0.15, 0.2) is 47.3 Å². The number of hydrogen-bond acceptors (Lipinski definition) is 1. The second-order valence-electron chi connectivity index (χ2n) is 3.72. The highest BCUT2D eigenvalue weighted by Gasteiger charge is 2.00. The molecule has 0 spiro atoms. The maximum atomic E-state index is 12.7. The fourth-order valence-electron chi connectivity index (χ4n) is 1.60. The van der Waals surface area contributed by atoms with Gasteiger partial charge in [-0.05, 0) is 30.7 Å². The third-order valence-electron chi connectivity index (χ3n) is 2.52. The van der Waals surface area contributed by atoms with E-state index in [1.165, 1.54) is 18.2 Å². The van der Waals surface area contributed by atoms with Gasteiger partial charge in [0.05, 0.1) is 6.54 Å². The molecule has 2 aromatic rings. The van der Waals surface area contributed by atoms with Gasteiger partial charge in [-0.2, -0.15) is 0 Å². The van der Waals surface area contributed by atoms with E-state index in [0.29, 0.717) is 6.54 Å². The number of nitrogens with zero attached hydrogens (tertiary/aromatic N) is 1. The van der Waals surface area contributed by atoms with Crippen molar-refractivity contribution in [3.63, 3.8) is 0 Å². The number of pyridine rings is 1. The Kier molecular flexibility index (Phi) is 2.86. The number of hydrogen-bond donors (Lipinski definition) is 0. The van der Waals surface area contributed by atoms with Gasteiger partial charge in [0.2, 0.25) is 0 Å². The average molecular weight is 217 g/mol. The summed E-state index contributed by atoms with van der Waals surface area (Å²) >= 11 is 0. The highest BCUT2D eigenvalue weighted by Crippen LogP contribution is 2.05. The number of aromatic nitrogens is 1. The van der Waals surface area contributed by atoms with Gasteiger partial charge in [-0.15, -0.1) is 0 Å². The maximum Gasteiger partial charge on any atom is 0.251 e. The van der Waals surface area contributed by atoms with E-state index in [-0.39, 0.29) is 11.4 Å². The van der Waals surface area contributed by atoms with Crippen LogP contribution in [0.1, 0.15) is 11.3 Å². The topological polar surface area (TPSA) is 22.0 Å². The van der Waals surface area contributed by atoms with Crippen molar-refractivity contribution >= 4 is 0 Å². The van der Waals surface area contributed by atoms with Crippen LogP contribution in [-0.4, -0.2) is 4.57 Å². The molecule has 1 aromatic carbocycles. The fraction of sp³-hybridized carbons (Fsp3) is 0.154. The van der Waals surface area contributed by atoms with Crippen molar-refractivity contribution in [2.24, 2.45) is 0 Å². The van der Waals surface area contributed by atoms with E-state index in [1.807, 2.05) is 13.0 Å². The number of rotatable bonds is 2. The van der Waals surface area contributed by atoms with Crippen LogP contribution in [0.2, 0.25) is 0 Å². The van der Waals surface area contributed by atoms with Crippen molar-refractivity contribution in [1.29, 1.82) is 0 Å². The molecular weight excluding hydrogens is 205 g/mol. The summed E-state index contributed by atoms with van der Waals surface area (Å²) in [4.78, 5) is 11.6. The highest BCUT2D eigenvalue weighted by molar-refractivity contribution is 5.17. The summed E-state index contributed by atoms with van der Waals surface area (Å²) in [6.07, 6.45) is 0. The van der Waals surface area contributed by atoms with Crippen LogP contribution in [0.3, 0.4) is 0 Å². The molecule has 0 aliphatic rings. The molecule has 16 heavy (non-hydrogen) atoms. The summed E-state index contributed by atoms with van der Waals surface area (Å²) in [5.74, 6) is -0.263. The first-order valence-corrected chi connectivity index (χ1v) is 5.08. The molecule has 2 rings (SSSR count). The van der Waals surface area contributed by atoms with Crippen LogP contribution in [0.5, 0.6) is 0 Å². The van der Waals surface area contributed by atoms with Crippen molar-refractivity contribution in [2.75, 3.05) is 0 Å². The van der Waals surface area contributed by atoms with E-state index in [0.717, 1.165) is 11.3 Å². The summed E-state index contributed by atoms with van der Waals surface area (Å²) in [5.41, 5.74) is 1.78. The van der Waals surface area contributed by atoms with Gasteiger partial charge in [0.25, 0.3) is 5.56 Å². The van der Waals surface area contributed by atoms with E-state index in [1.54, 1.807) is 22.8 Å². The Morgan fingerprint density at radius 3 is 2.44 bits per heavy atom. The summed E-state index contributed by atoms with van der Waals surface area (Å²) < 4.78 is 14.4. The normalized spacial score (nSPS) is 10.4.